The Labute approximate surface area is 120 Å². The lowest BCUT2D eigenvalue weighted by molar-refractivity contribution is -0.386. The van der Waals surface area contributed by atoms with Crippen LogP contribution in [0.1, 0.15) is 13.8 Å². The first-order valence-electron chi connectivity index (χ1n) is 5.78. The topological polar surface area (TPSA) is 138 Å². The van der Waals surface area contributed by atoms with Crippen LogP contribution in [0.2, 0.25) is 0 Å². The van der Waals surface area contributed by atoms with Gasteiger partial charge in [-0.2, -0.15) is 4.31 Å². The highest BCUT2D eigenvalue weighted by Crippen LogP contribution is 2.30. The second-order valence-corrected chi connectivity index (χ2v) is 6.34. The zero-order valence-corrected chi connectivity index (χ0v) is 12.1. The fraction of sp³-hybridized carbons (Fsp3) is 0.364. The van der Waals surface area contributed by atoms with Crippen molar-refractivity contribution in [3.8, 4) is 5.75 Å². The van der Waals surface area contributed by atoms with Crippen LogP contribution in [0.25, 0.3) is 0 Å². The minimum Gasteiger partial charge on any atom is -0.502 e. The van der Waals surface area contributed by atoms with E-state index in [-0.39, 0.29) is 0 Å². The molecule has 0 heterocycles. The first-order valence-corrected chi connectivity index (χ1v) is 7.22. The Hall–Kier alpha value is -2.20. The number of benzene rings is 1. The molecule has 1 rings (SSSR count). The van der Waals surface area contributed by atoms with E-state index in [1.165, 1.54) is 13.8 Å². The zero-order chi connectivity index (χ0) is 16.4. The van der Waals surface area contributed by atoms with Gasteiger partial charge in [-0.25, -0.2) is 8.42 Å². The molecule has 9 nitrogen and oxygen atoms in total. The van der Waals surface area contributed by atoms with Crippen molar-refractivity contribution in [3.63, 3.8) is 0 Å². The van der Waals surface area contributed by atoms with Crippen molar-refractivity contribution >= 4 is 21.7 Å². The number of phenols is 1. The van der Waals surface area contributed by atoms with Crippen LogP contribution in [0.3, 0.4) is 0 Å². The molecule has 0 saturated carbocycles. The normalized spacial score (nSPS) is 11.8. The van der Waals surface area contributed by atoms with Crippen molar-refractivity contribution in [1.29, 1.82) is 0 Å². The van der Waals surface area contributed by atoms with Crippen LogP contribution < -0.4 is 0 Å². The highest BCUT2D eigenvalue weighted by Gasteiger charge is 2.30. The zero-order valence-electron chi connectivity index (χ0n) is 11.3. The van der Waals surface area contributed by atoms with E-state index in [0.29, 0.717) is 10.4 Å². The van der Waals surface area contributed by atoms with Crippen LogP contribution in [0.15, 0.2) is 23.1 Å². The van der Waals surface area contributed by atoms with Crippen LogP contribution in [0.4, 0.5) is 5.69 Å². The largest absolute Gasteiger partial charge is 0.502 e. The van der Waals surface area contributed by atoms with Gasteiger partial charge in [0, 0.05) is 12.1 Å². The maximum atomic E-state index is 12.4. The summed E-state index contributed by atoms with van der Waals surface area (Å²) in [6, 6.07) is 1.90. The number of carbonyl (C=O) groups is 1. The average Bonchev–Trinajstić information content (AvgIpc) is 2.35. The molecule has 1 aromatic rings. The van der Waals surface area contributed by atoms with Gasteiger partial charge in [-0.05, 0) is 26.0 Å². The summed E-state index contributed by atoms with van der Waals surface area (Å²) < 4.78 is 25.4. The molecule has 0 radical (unpaired) electrons. The summed E-state index contributed by atoms with van der Waals surface area (Å²) in [7, 11) is -4.23. The Balaban J connectivity index is 3.38. The number of hydrogen-bond donors (Lipinski definition) is 2. The van der Waals surface area contributed by atoms with Crippen molar-refractivity contribution in [2.75, 3.05) is 6.54 Å². The van der Waals surface area contributed by atoms with Gasteiger partial charge < -0.3 is 10.2 Å². The molecule has 0 aliphatic rings. The van der Waals surface area contributed by atoms with E-state index in [4.69, 9.17) is 5.11 Å². The lowest BCUT2D eigenvalue weighted by Crippen LogP contribution is -2.40. The minimum atomic E-state index is -4.23. The van der Waals surface area contributed by atoms with Crippen molar-refractivity contribution in [1.82, 2.24) is 4.31 Å². The summed E-state index contributed by atoms with van der Waals surface area (Å²) in [4.78, 5) is 20.1. The SMILES string of the molecule is CC(C)N(CC(=O)O)S(=O)(=O)c1ccc(O)c([N+](=O)[O-])c1. The molecule has 0 amide bonds. The lowest BCUT2D eigenvalue weighted by atomic mass is 10.3. The molecule has 10 heteroatoms. The molecular formula is C11H14N2O7S. The highest BCUT2D eigenvalue weighted by atomic mass is 32.2. The lowest BCUT2D eigenvalue weighted by Gasteiger charge is -2.24. The van der Waals surface area contributed by atoms with Gasteiger partial charge in [-0.1, -0.05) is 0 Å². The van der Waals surface area contributed by atoms with E-state index in [1.54, 1.807) is 0 Å². The van der Waals surface area contributed by atoms with Crippen LogP contribution in [0.5, 0.6) is 5.75 Å². The molecule has 0 aliphatic carbocycles. The number of carboxylic acid groups (broad SMARTS) is 1. The van der Waals surface area contributed by atoms with Gasteiger partial charge in [0.25, 0.3) is 0 Å². The van der Waals surface area contributed by atoms with Gasteiger partial charge in [0.1, 0.15) is 6.54 Å². The van der Waals surface area contributed by atoms with Crippen LogP contribution in [0, 0.1) is 10.1 Å². The Kier molecular flexibility index (Phi) is 4.86. The Morgan fingerprint density at radius 1 is 1.43 bits per heavy atom. The summed E-state index contributed by atoms with van der Waals surface area (Å²) in [5, 5.41) is 28.8. The average molecular weight is 318 g/mol. The third kappa shape index (κ3) is 3.67. The third-order valence-corrected chi connectivity index (χ3v) is 4.64. The fourth-order valence-corrected chi connectivity index (χ4v) is 3.23. The molecule has 0 unspecified atom stereocenters. The number of phenolic OH excluding ortho intramolecular Hbond substituents is 1. The second-order valence-electron chi connectivity index (χ2n) is 4.45. The van der Waals surface area contributed by atoms with E-state index < -0.39 is 49.8 Å². The van der Waals surface area contributed by atoms with Gasteiger partial charge in [0.15, 0.2) is 5.75 Å². The molecular weight excluding hydrogens is 304 g/mol. The number of sulfonamides is 1. The number of nitro groups is 1. The van der Waals surface area contributed by atoms with Crippen molar-refractivity contribution in [2.24, 2.45) is 0 Å². The maximum Gasteiger partial charge on any atom is 0.318 e. The monoisotopic (exact) mass is 318 g/mol. The summed E-state index contributed by atoms with van der Waals surface area (Å²) >= 11 is 0. The Bertz CT molecular complexity index is 669. The summed E-state index contributed by atoms with van der Waals surface area (Å²) in [6.45, 7) is 2.19. The number of nitro benzene ring substituents is 1. The molecule has 0 bridgehead atoms. The van der Waals surface area contributed by atoms with E-state index in [1.807, 2.05) is 0 Å². The van der Waals surface area contributed by atoms with Crippen LogP contribution >= 0.6 is 0 Å². The molecule has 2 N–H and O–H groups in total. The molecule has 21 heavy (non-hydrogen) atoms. The highest BCUT2D eigenvalue weighted by molar-refractivity contribution is 7.89. The molecule has 0 fully saturated rings. The summed E-state index contributed by atoms with van der Waals surface area (Å²) in [5.74, 6) is -2.02. The van der Waals surface area contributed by atoms with E-state index in [0.717, 1.165) is 12.1 Å². The smallest absolute Gasteiger partial charge is 0.318 e. The number of rotatable bonds is 6. The van der Waals surface area contributed by atoms with E-state index >= 15 is 0 Å². The first kappa shape index (κ1) is 16.9. The fourth-order valence-electron chi connectivity index (χ4n) is 1.62. The predicted octanol–water partition coefficient (Wildman–Crippen LogP) is 0.784. The minimum absolute atomic E-state index is 0.457. The van der Waals surface area contributed by atoms with Gasteiger partial charge in [0.05, 0.1) is 9.82 Å². The summed E-state index contributed by atoms with van der Waals surface area (Å²) in [6.07, 6.45) is 0. The quantitative estimate of drug-likeness (QED) is 0.584. The van der Waals surface area contributed by atoms with Crippen LogP contribution in [-0.4, -0.2) is 46.4 Å². The number of carboxylic acids is 1. The predicted molar refractivity (Wildman–Crippen MR) is 71.4 cm³/mol. The second kappa shape index (κ2) is 6.06. The standard InChI is InChI=1S/C11H14N2O7S/c1-7(2)12(6-11(15)16)21(19,20)8-3-4-10(14)9(5-8)13(17)18/h3-5,7,14H,6H2,1-2H3,(H,15,16). The number of aliphatic carboxylic acids is 1. The van der Waals surface area contributed by atoms with Gasteiger partial charge in [-0.15, -0.1) is 0 Å². The number of hydrogen-bond acceptors (Lipinski definition) is 6. The molecule has 0 aromatic heterocycles. The molecule has 0 saturated heterocycles. The molecule has 0 atom stereocenters. The number of nitrogens with zero attached hydrogens (tertiary/aromatic N) is 2. The van der Waals surface area contributed by atoms with E-state index in [9.17, 15) is 28.4 Å². The molecule has 0 spiro atoms. The molecule has 0 aliphatic heterocycles. The van der Waals surface area contributed by atoms with Gasteiger partial charge in [-0.3, -0.25) is 14.9 Å². The van der Waals surface area contributed by atoms with Gasteiger partial charge in [0.2, 0.25) is 10.0 Å². The maximum absolute atomic E-state index is 12.4. The Morgan fingerprint density at radius 3 is 2.43 bits per heavy atom. The molecule has 1 aromatic carbocycles. The summed E-state index contributed by atoms with van der Waals surface area (Å²) in [5.41, 5.74) is -0.768. The van der Waals surface area contributed by atoms with Crippen LogP contribution in [-0.2, 0) is 14.8 Å². The first-order chi connectivity index (χ1) is 9.57. The van der Waals surface area contributed by atoms with Gasteiger partial charge >= 0.3 is 11.7 Å². The number of aromatic hydroxyl groups is 1. The van der Waals surface area contributed by atoms with Crippen molar-refractivity contribution < 1.29 is 28.3 Å². The van der Waals surface area contributed by atoms with Crippen molar-refractivity contribution in [3.05, 3.63) is 28.3 Å². The van der Waals surface area contributed by atoms with Crippen molar-refractivity contribution in [2.45, 2.75) is 24.8 Å². The Morgan fingerprint density at radius 2 is 2.00 bits per heavy atom. The molecule has 116 valence electrons. The van der Waals surface area contributed by atoms with E-state index in [2.05, 4.69) is 0 Å². The third-order valence-electron chi connectivity index (χ3n) is 2.62.